The van der Waals surface area contributed by atoms with E-state index in [1.165, 1.54) is 0 Å². The molecule has 6 heteroatoms. The van der Waals surface area contributed by atoms with Gasteiger partial charge >= 0.3 is 0 Å². The maximum atomic E-state index is 14.5. The van der Waals surface area contributed by atoms with Crippen LogP contribution in [0.5, 0.6) is 0 Å². The first-order chi connectivity index (χ1) is 13.9. The number of carbonyl (C=O) groups is 2. The van der Waals surface area contributed by atoms with E-state index in [1.807, 2.05) is 13.8 Å². The van der Waals surface area contributed by atoms with Crippen molar-refractivity contribution in [2.45, 2.75) is 58.2 Å². The van der Waals surface area contributed by atoms with Crippen LogP contribution in [0.15, 0.2) is 18.2 Å². The van der Waals surface area contributed by atoms with E-state index in [9.17, 15) is 14.0 Å². The van der Waals surface area contributed by atoms with Gasteiger partial charge in [-0.15, -0.1) is 0 Å². The Morgan fingerprint density at radius 1 is 1.34 bits per heavy atom. The number of hydrogen-bond acceptors (Lipinski definition) is 3. The quantitative estimate of drug-likeness (QED) is 0.794. The summed E-state index contributed by atoms with van der Waals surface area (Å²) in [5.41, 5.74) is 0.285. The maximum absolute atomic E-state index is 14.5. The second kappa shape index (κ2) is 7.71. The predicted molar refractivity (Wildman–Crippen MR) is 108 cm³/mol. The number of nitrogens with one attached hydrogen (secondary N) is 1. The van der Waals surface area contributed by atoms with Gasteiger partial charge in [0.15, 0.2) is 0 Å². The average Bonchev–Trinajstić information content (AvgIpc) is 3.37. The van der Waals surface area contributed by atoms with Crippen LogP contribution in [0.3, 0.4) is 0 Å². The molecule has 29 heavy (non-hydrogen) atoms. The molecule has 5 nitrogen and oxygen atoms in total. The minimum Gasteiger partial charge on any atom is -0.369 e. The van der Waals surface area contributed by atoms with Gasteiger partial charge in [0.05, 0.1) is 23.8 Å². The number of likely N-dealkylation sites (tertiary alicyclic amines) is 1. The van der Waals surface area contributed by atoms with Crippen molar-refractivity contribution in [1.29, 1.82) is 0 Å². The highest BCUT2D eigenvalue weighted by atomic mass is 19.1. The van der Waals surface area contributed by atoms with Crippen molar-refractivity contribution >= 4 is 11.8 Å². The Hall–Kier alpha value is -1.95. The Balaban J connectivity index is 1.47. The van der Waals surface area contributed by atoms with Crippen molar-refractivity contribution in [3.8, 4) is 0 Å². The number of benzene rings is 1. The normalized spacial score (nSPS) is 30.1. The van der Waals surface area contributed by atoms with E-state index in [0.717, 1.165) is 25.7 Å². The van der Waals surface area contributed by atoms with Gasteiger partial charge in [0.25, 0.3) is 5.91 Å². The summed E-state index contributed by atoms with van der Waals surface area (Å²) in [4.78, 5) is 27.2. The molecule has 0 radical (unpaired) electrons. The Labute approximate surface area is 172 Å². The molecule has 3 saturated heterocycles. The van der Waals surface area contributed by atoms with Gasteiger partial charge in [-0.2, -0.15) is 0 Å². The van der Waals surface area contributed by atoms with E-state index < -0.39 is 5.82 Å². The van der Waals surface area contributed by atoms with Gasteiger partial charge in [-0.05, 0) is 44.2 Å². The Bertz CT molecular complexity index is 809. The predicted octanol–water partition coefficient (Wildman–Crippen LogP) is 3.31. The highest BCUT2D eigenvalue weighted by Gasteiger charge is 2.63. The van der Waals surface area contributed by atoms with Gasteiger partial charge in [0.1, 0.15) is 5.82 Å². The number of carbonyl (C=O) groups excluding carboxylic acids is 2. The summed E-state index contributed by atoms with van der Waals surface area (Å²) in [6, 6.07) is 4.95. The molecule has 1 spiro atoms. The topological polar surface area (TPSA) is 58.6 Å². The van der Waals surface area contributed by atoms with Crippen LogP contribution in [-0.2, 0) is 9.53 Å². The molecule has 0 aromatic heterocycles. The van der Waals surface area contributed by atoms with E-state index >= 15 is 0 Å². The van der Waals surface area contributed by atoms with Crippen LogP contribution in [0.1, 0.15) is 55.5 Å². The average molecular weight is 403 g/mol. The summed E-state index contributed by atoms with van der Waals surface area (Å²) < 4.78 is 20.9. The van der Waals surface area contributed by atoms with E-state index in [4.69, 9.17) is 4.74 Å². The van der Waals surface area contributed by atoms with Gasteiger partial charge in [0, 0.05) is 30.8 Å². The number of amides is 2. The molecule has 1 N–H and O–H groups in total. The summed E-state index contributed by atoms with van der Waals surface area (Å²) in [5, 5.41) is 3.13. The number of rotatable bonds is 6. The molecule has 2 amide bonds. The lowest BCUT2D eigenvalue weighted by molar-refractivity contribution is -0.125. The Kier molecular flexibility index (Phi) is 5.40. The first kappa shape index (κ1) is 20.3. The summed E-state index contributed by atoms with van der Waals surface area (Å²) in [7, 11) is 0. The second-order valence-corrected chi connectivity index (χ2v) is 8.91. The monoisotopic (exact) mass is 402 g/mol. The molecular formula is C23H31FN2O3. The van der Waals surface area contributed by atoms with Crippen LogP contribution in [0.4, 0.5) is 4.39 Å². The summed E-state index contributed by atoms with van der Waals surface area (Å²) in [6.45, 7) is 7.41. The molecule has 1 aromatic rings. The molecule has 3 aliphatic rings. The molecular weight excluding hydrogens is 371 g/mol. The van der Waals surface area contributed by atoms with Crippen molar-refractivity contribution in [3.05, 3.63) is 35.1 Å². The number of nitrogens with zero attached hydrogens (tertiary/aromatic N) is 1. The largest absolute Gasteiger partial charge is 0.369 e. The van der Waals surface area contributed by atoms with E-state index in [1.54, 1.807) is 30.0 Å². The second-order valence-electron chi connectivity index (χ2n) is 8.91. The smallest absolute Gasteiger partial charge is 0.256 e. The van der Waals surface area contributed by atoms with E-state index in [2.05, 4.69) is 5.32 Å². The maximum Gasteiger partial charge on any atom is 0.256 e. The minimum atomic E-state index is -0.439. The Morgan fingerprint density at radius 3 is 2.83 bits per heavy atom. The Morgan fingerprint density at radius 2 is 2.10 bits per heavy atom. The highest BCUT2D eigenvalue weighted by Crippen LogP contribution is 2.54. The third kappa shape index (κ3) is 3.35. The third-order valence-electron chi connectivity index (χ3n) is 7.36. The summed E-state index contributed by atoms with van der Waals surface area (Å²) >= 11 is 0. The lowest BCUT2D eigenvalue weighted by Crippen LogP contribution is -2.43. The molecule has 3 fully saturated rings. The fourth-order valence-corrected chi connectivity index (χ4v) is 5.62. The fourth-order valence-electron chi connectivity index (χ4n) is 5.62. The van der Waals surface area contributed by atoms with Crippen molar-refractivity contribution in [2.24, 2.45) is 17.8 Å². The molecule has 1 aromatic carbocycles. The van der Waals surface area contributed by atoms with Crippen LogP contribution < -0.4 is 5.32 Å². The van der Waals surface area contributed by atoms with Crippen LogP contribution >= 0.6 is 0 Å². The first-order valence-corrected chi connectivity index (χ1v) is 10.9. The lowest BCUT2D eigenvalue weighted by Gasteiger charge is -2.29. The molecule has 3 aliphatic heterocycles. The van der Waals surface area contributed by atoms with Crippen molar-refractivity contribution < 1.29 is 18.7 Å². The van der Waals surface area contributed by atoms with Crippen LogP contribution in [0, 0.1) is 30.5 Å². The third-order valence-corrected chi connectivity index (χ3v) is 7.36. The zero-order chi connectivity index (χ0) is 20.8. The molecule has 3 heterocycles. The number of aryl methyl sites for hydroxylation is 1. The van der Waals surface area contributed by atoms with Gasteiger partial charge in [-0.3, -0.25) is 9.59 Å². The zero-order valence-electron chi connectivity index (χ0n) is 17.5. The fraction of sp³-hybridized carbons (Fsp3) is 0.652. The van der Waals surface area contributed by atoms with E-state index in [-0.39, 0.29) is 46.8 Å². The SMILES string of the molecule is CCC(CC)C(=O)NC[C@H]1[C@H]2CN(C(=O)c3cccc(C)c3F)C[C@]23CC[C@H]1O3. The zero-order valence-corrected chi connectivity index (χ0v) is 17.5. The number of fused-ring (bicyclic) bond motifs is 1. The van der Waals surface area contributed by atoms with Crippen LogP contribution in [0.25, 0.3) is 0 Å². The molecule has 4 rings (SSSR count). The van der Waals surface area contributed by atoms with Crippen molar-refractivity contribution in [1.82, 2.24) is 10.2 Å². The highest BCUT2D eigenvalue weighted by molar-refractivity contribution is 5.95. The first-order valence-electron chi connectivity index (χ1n) is 10.9. The van der Waals surface area contributed by atoms with E-state index in [0.29, 0.717) is 25.2 Å². The molecule has 2 bridgehead atoms. The van der Waals surface area contributed by atoms with Crippen molar-refractivity contribution in [2.75, 3.05) is 19.6 Å². The number of ether oxygens (including phenoxy) is 1. The van der Waals surface area contributed by atoms with Gasteiger partial charge in [0.2, 0.25) is 5.91 Å². The molecule has 4 atom stereocenters. The minimum absolute atomic E-state index is 0.0504. The van der Waals surface area contributed by atoms with Gasteiger partial charge in [-0.25, -0.2) is 4.39 Å². The standard InChI is InChI=1S/C23H31FN2O3/c1-4-15(5-2)21(27)25-11-17-18-12-26(13-23(18)10-9-19(17)29-23)22(28)16-8-6-7-14(3)20(16)24/h6-8,15,17-19H,4-5,9-13H2,1-3H3,(H,25,27)/t17-,18+,19+,23+/m0/s1. The van der Waals surface area contributed by atoms with Gasteiger partial charge < -0.3 is 15.0 Å². The number of halogens is 1. The van der Waals surface area contributed by atoms with Gasteiger partial charge in [-0.1, -0.05) is 26.0 Å². The molecule has 0 unspecified atom stereocenters. The lowest BCUT2D eigenvalue weighted by atomic mass is 9.73. The summed E-state index contributed by atoms with van der Waals surface area (Å²) in [5.74, 6) is -0.135. The molecule has 158 valence electrons. The summed E-state index contributed by atoms with van der Waals surface area (Å²) in [6.07, 6.45) is 3.72. The van der Waals surface area contributed by atoms with Crippen LogP contribution in [0.2, 0.25) is 0 Å². The number of hydrogen-bond donors (Lipinski definition) is 1. The van der Waals surface area contributed by atoms with Crippen LogP contribution in [-0.4, -0.2) is 48.1 Å². The molecule has 0 saturated carbocycles. The molecule has 0 aliphatic carbocycles. The van der Waals surface area contributed by atoms with Crippen molar-refractivity contribution in [3.63, 3.8) is 0 Å².